The topological polar surface area (TPSA) is 30.7 Å². The summed E-state index contributed by atoms with van der Waals surface area (Å²) in [5.74, 6) is -0.346. The van der Waals surface area contributed by atoms with Crippen molar-refractivity contribution >= 4 is 22.6 Å². The Hall–Kier alpha value is -2.72. The van der Waals surface area contributed by atoms with Crippen LogP contribution in [0.15, 0.2) is 61.1 Å². The van der Waals surface area contributed by atoms with Gasteiger partial charge in [0.1, 0.15) is 5.82 Å². The van der Waals surface area contributed by atoms with Crippen molar-refractivity contribution < 1.29 is 4.39 Å². The maximum absolute atomic E-state index is 14.3. The molecule has 4 rings (SSSR count). The van der Waals surface area contributed by atoms with Crippen LogP contribution in [0, 0.1) is 5.82 Å². The zero-order chi connectivity index (χ0) is 16.7. The fourth-order valence-electron chi connectivity index (χ4n) is 2.83. The second-order valence-corrected chi connectivity index (χ2v) is 6.02. The summed E-state index contributed by atoms with van der Waals surface area (Å²) in [5.41, 5.74) is 4.69. The smallest absolute Gasteiger partial charge is 0.132 e. The van der Waals surface area contributed by atoms with Crippen molar-refractivity contribution in [2.45, 2.75) is 0 Å². The molecule has 0 N–H and O–H groups in total. The molecule has 0 unspecified atom stereocenters. The van der Waals surface area contributed by atoms with Crippen molar-refractivity contribution in [3.63, 3.8) is 0 Å². The van der Waals surface area contributed by atoms with E-state index in [2.05, 4.69) is 9.97 Å². The van der Waals surface area contributed by atoms with Crippen LogP contribution < -0.4 is 0 Å². The predicted molar refractivity (Wildman–Crippen MR) is 94.3 cm³/mol. The molecule has 3 nitrogen and oxygen atoms in total. The third kappa shape index (κ3) is 2.45. The molecule has 0 aliphatic carbocycles. The monoisotopic (exact) mass is 337 g/mol. The van der Waals surface area contributed by atoms with E-state index in [1.807, 2.05) is 41.9 Å². The number of fused-ring (bicyclic) bond motifs is 1. The van der Waals surface area contributed by atoms with Crippen molar-refractivity contribution in [1.29, 1.82) is 0 Å². The molecule has 0 atom stereocenters. The molecule has 0 radical (unpaired) electrons. The molecule has 2 aromatic heterocycles. The highest BCUT2D eigenvalue weighted by Crippen LogP contribution is 2.34. The second kappa shape index (κ2) is 5.73. The lowest BCUT2D eigenvalue weighted by molar-refractivity contribution is 0.631. The van der Waals surface area contributed by atoms with Gasteiger partial charge in [0.25, 0.3) is 0 Å². The highest BCUT2D eigenvalue weighted by atomic mass is 35.5. The van der Waals surface area contributed by atoms with E-state index in [0.717, 1.165) is 22.2 Å². The number of aryl methyl sites for hydroxylation is 1. The lowest BCUT2D eigenvalue weighted by Crippen LogP contribution is -1.92. The number of benzene rings is 2. The molecule has 0 amide bonds. The minimum absolute atomic E-state index is 0.346. The van der Waals surface area contributed by atoms with E-state index in [0.29, 0.717) is 16.3 Å². The Kier molecular flexibility index (Phi) is 3.54. The van der Waals surface area contributed by atoms with Gasteiger partial charge < -0.3 is 4.57 Å². The number of imidazole rings is 1. The van der Waals surface area contributed by atoms with Gasteiger partial charge in [0.05, 0.1) is 23.1 Å². The van der Waals surface area contributed by atoms with E-state index >= 15 is 0 Å². The fraction of sp³-hybridized carbons (Fsp3) is 0.0526. The highest BCUT2D eigenvalue weighted by molar-refractivity contribution is 6.30. The van der Waals surface area contributed by atoms with Gasteiger partial charge in [-0.15, -0.1) is 0 Å². The molecule has 2 aromatic carbocycles. The van der Waals surface area contributed by atoms with Crippen molar-refractivity contribution in [2.75, 3.05) is 0 Å². The van der Waals surface area contributed by atoms with E-state index < -0.39 is 0 Å². The highest BCUT2D eigenvalue weighted by Gasteiger charge is 2.14. The molecule has 0 saturated heterocycles. The van der Waals surface area contributed by atoms with Gasteiger partial charge in [-0.3, -0.25) is 4.98 Å². The molecule has 0 saturated carbocycles. The maximum Gasteiger partial charge on any atom is 0.132 e. The molecule has 2 heterocycles. The first-order valence-corrected chi connectivity index (χ1v) is 7.83. The van der Waals surface area contributed by atoms with Crippen LogP contribution in [0.3, 0.4) is 0 Å². The van der Waals surface area contributed by atoms with Crippen LogP contribution in [0.25, 0.3) is 33.4 Å². The van der Waals surface area contributed by atoms with Gasteiger partial charge in [0.15, 0.2) is 0 Å². The third-order valence-corrected chi connectivity index (χ3v) is 4.26. The molecular weight excluding hydrogens is 325 g/mol. The molecule has 0 bridgehead atoms. The van der Waals surface area contributed by atoms with E-state index in [-0.39, 0.29) is 5.82 Å². The van der Waals surface area contributed by atoms with Crippen molar-refractivity contribution in [3.05, 3.63) is 71.9 Å². The Morgan fingerprint density at radius 2 is 1.88 bits per heavy atom. The van der Waals surface area contributed by atoms with Crippen LogP contribution in [0.4, 0.5) is 4.39 Å². The maximum atomic E-state index is 14.3. The number of aromatic nitrogens is 3. The number of pyridine rings is 1. The predicted octanol–water partition coefficient (Wildman–Crippen LogP) is 5.09. The Morgan fingerprint density at radius 1 is 1.00 bits per heavy atom. The lowest BCUT2D eigenvalue weighted by Gasteiger charge is -2.10. The van der Waals surface area contributed by atoms with Gasteiger partial charge >= 0.3 is 0 Å². The SMILES string of the molecule is Cn1cnc2ccc(-c3cccnc3-c3cc(Cl)ccc3F)cc21. The molecular formula is C19H13ClFN3. The van der Waals surface area contributed by atoms with Gasteiger partial charge in [0.2, 0.25) is 0 Å². The van der Waals surface area contributed by atoms with Crippen LogP contribution in [0.5, 0.6) is 0 Å². The summed E-state index contributed by atoms with van der Waals surface area (Å²) in [6, 6.07) is 14.2. The van der Waals surface area contributed by atoms with Crippen molar-refractivity contribution in [3.8, 4) is 22.4 Å². The van der Waals surface area contributed by atoms with Crippen LogP contribution in [-0.4, -0.2) is 14.5 Å². The largest absolute Gasteiger partial charge is 0.334 e. The van der Waals surface area contributed by atoms with E-state index in [9.17, 15) is 4.39 Å². The third-order valence-electron chi connectivity index (χ3n) is 4.03. The summed E-state index contributed by atoms with van der Waals surface area (Å²) in [4.78, 5) is 8.73. The Balaban J connectivity index is 1.95. The Labute approximate surface area is 143 Å². The number of hydrogen-bond acceptors (Lipinski definition) is 2. The van der Waals surface area contributed by atoms with Crippen LogP contribution in [-0.2, 0) is 7.05 Å². The summed E-state index contributed by atoms with van der Waals surface area (Å²) in [5, 5.41) is 0.477. The van der Waals surface area contributed by atoms with Gasteiger partial charge in [-0.05, 0) is 42.0 Å². The molecule has 0 aliphatic heterocycles. The minimum Gasteiger partial charge on any atom is -0.334 e. The summed E-state index contributed by atoms with van der Waals surface area (Å²) in [6.07, 6.45) is 3.43. The van der Waals surface area contributed by atoms with E-state index in [1.54, 1.807) is 18.6 Å². The first-order valence-electron chi connectivity index (χ1n) is 7.45. The molecule has 0 fully saturated rings. The van der Waals surface area contributed by atoms with Crippen LogP contribution in [0.1, 0.15) is 0 Å². The average molecular weight is 338 g/mol. The van der Waals surface area contributed by atoms with Gasteiger partial charge in [-0.2, -0.15) is 0 Å². The fourth-order valence-corrected chi connectivity index (χ4v) is 3.00. The average Bonchev–Trinajstić information content (AvgIpc) is 2.98. The molecule has 0 aliphatic rings. The second-order valence-electron chi connectivity index (χ2n) is 5.58. The minimum atomic E-state index is -0.346. The van der Waals surface area contributed by atoms with Crippen molar-refractivity contribution in [2.24, 2.45) is 7.05 Å². The van der Waals surface area contributed by atoms with Gasteiger partial charge in [-0.1, -0.05) is 23.7 Å². The summed E-state index contributed by atoms with van der Waals surface area (Å²) >= 11 is 6.04. The number of nitrogens with zero attached hydrogens (tertiary/aromatic N) is 3. The van der Waals surface area contributed by atoms with Crippen molar-refractivity contribution in [1.82, 2.24) is 14.5 Å². The summed E-state index contributed by atoms with van der Waals surface area (Å²) < 4.78 is 16.3. The zero-order valence-electron chi connectivity index (χ0n) is 12.9. The zero-order valence-corrected chi connectivity index (χ0v) is 13.6. The molecule has 118 valence electrons. The lowest BCUT2D eigenvalue weighted by atomic mass is 9.98. The normalized spacial score (nSPS) is 11.1. The number of hydrogen-bond donors (Lipinski definition) is 0. The molecule has 4 aromatic rings. The molecule has 0 spiro atoms. The van der Waals surface area contributed by atoms with E-state index in [1.165, 1.54) is 12.1 Å². The first kappa shape index (κ1) is 14.8. The van der Waals surface area contributed by atoms with Crippen LogP contribution in [0.2, 0.25) is 5.02 Å². The molecule has 24 heavy (non-hydrogen) atoms. The van der Waals surface area contributed by atoms with Crippen LogP contribution >= 0.6 is 11.6 Å². The summed E-state index contributed by atoms with van der Waals surface area (Å²) in [7, 11) is 1.94. The quantitative estimate of drug-likeness (QED) is 0.510. The Morgan fingerprint density at radius 3 is 2.75 bits per heavy atom. The number of halogens is 2. The van der Waals surface area contributed by atoms with Gasteiger partial charge in [0, 0.05) is 29.4 Å². The summed E-state index contributed by atoms with van der Waals surface area (Å²) in [6.45, 7) is 0. The standard InChI is InChI=1S/C19H13ClFN3/c1-24-11-23-17-7-4-12(9-18(17)24)14-3-2-8-22-19(14)15-10-13(20)5-6-16(15)21/h2-11H,1H3. The Bertz CT molecular complexity index is 1060. The number of rotatable bonds is 2. The first-order chi connectivity index (χ1) is 11.6. The van der Waals surface area contributed by atoms with E-state index in [4.69, 9.17) is 11.6 Å². The molecule has 5 heteroatoms. The van der Waals surface area contributed by atoms with Gasteiger partial charge in [-0.25, -0.2) is 9.37 Å².